The van der Waals surface area contributed by atoms with Gasteiger partial charge in [-0.1, -0.05) is 19.1 Å². The number of hydrogen-bond acceptors (Lipinski definition) is 4. The van der Waals surface area contributed by atoms with Crippen molar-refractivity contribution in [2.75, 3.05) is 43.4 Å². The van der Waals surface area contributed by atoms with Crippen LogP contribution in [-0.2, 0) is 4.79 Å². The van der Waals surface area contributed by atoms with Crippen molar-refractivity contribution >= 4 is 17.3 Å². The van der Waals surface area contributed by atoms with E-state index >= 15 is 0 Å². The van der Waals surface area contributed by atoms with Gasteiger partial charge in [0.1, 0.15) is 5.75 Å². The maximum atomic E-state index is 12.7. The number of anilines is 2. The van der Waals surface area contributed by atoms with E-state index in [0.717, 1.165) is 48.7 Å². The molecule has 0 aromatic heterocycles. The van der Waals surface area contributed by atoms with Crippen molar-refractivity contribution < 1.29 is 9.53 Å². The Morgan fingerprint density at radius 2 is 1.75 bits per heavy atom. The Morgan fingerprint density at radius 1 is 1.07 bits per heavy atom. The van der Waals surface area contributed by atoms with Crippen LogP contribution in [0.25, 0.3) is 0 Å². The van der Waals surface area contributed by atoms with Crippen LogP contribution in [-0.4, -0.2) is 50.1 Å². The molecule has 1 atom stereocenters. The highest BCUT2D eigenvalue weighted by molar-refractivity contribution is 5.94. The number of ether oxygens (including phenoxy) is 1. The number of benzene rings is 2. The maximum Gasteiger partial charge on any atom is 0.265 e. The van der Waals surface area contributed by atoms with Gasteiger partial charge in [-0.25, -0.2) is 0 Å². The van der Waals surface area contributed by atoms with Crippen LogP contribution in [0.5, 0.6) is 5.75 Å². The van der Waals surface area contributed by atoms with Crippen LogP contribution < -0.4 is 15.0 Å². The lowest BCUT2D eigenvalue weighted by Gasteiger charge is -2.34. The molecule has 1 aliphatic rings. The largest absolute Gasteiger partial charge is 0.480 e. The third kappa shape index (κ3) is 5.04. The predicted molar refractivity (Wildman–Crippen MR) is 115 cm³/mol. The van der Waals surface area contributed by atoms with Gasteiger partial charge >= 0.3 is 0 Å². The van der Waals surface area contributed by atoms with E-state index in [2.05, 4.69) is 34.3 Å². The zero-order valence-corrected chi connectivity index (χ0v) is 17.4. The zero-order valence-electron chi connectivity index (χ0n) is 17.4. The molecular formula is C23H31N3O2. The normalized spacial score (nSPS) is 15.9. The summed E-state index contributed by atoms with van der Waals surface area (Å²) in [7, 11) is 2.15. The van der Waals surface area contributed by atoms with Crippen LogP contribution >= 0.6 is 0 Å². The van der Waals surface area contributed by atoms with Gasteiger partial charge in [-0.05, 0) is 68.8 Å². The number of aryl methyl sites for hydroxylation is 2. The van der Waals surface area contributed by atoms with Crippen LogP contribution in [0, 0.1) is 13.8 Å². The predicted octanol–water partition coefficient (Wildman–Crippen LogP) is 3.85. The average molecular weight is 382 g/mol. The third-order valence-electron chi connectivity index (χ3n) is 5.28. The first kappa shape index (κ1) is 20.2. The monoisotopic (exact) mass is 381 g/mol. The van der Waals surface area contributed by atoms with Crippen LogP contribution in [0.2, 0.25) is 0 Å². The van der Waals surface area contributed by atoms with E-state index in [0.29, 0.717) is 6.42 Å². The molecule has 3 rings (SSSR count). The smallest absolute Gasteiger partial charge is 0.265 e. The molecule has 1 amide bonds. The highest BCUT2D eigenvalue weighted by Crippen LogP contribution is 2.23. The molecule has 0 bridgehead atoms. The summed E-state index contributed by atoms with van der Waals surface area (Å²) < 4.78 is 6.01. The zero-order chi connectivity index (χ0) is 20.1. The molecule has 0 radical (unpaired) electrons. The molecular weight excluding hydrogens is 350 g/mol. The fourth-order valence-electron chi connectivity index (χ4n) is 3.35. The lowest BCUT2D eigenvalue weighted by molar-refractivity contribution is -0.122. The molecule has 0 aliphatic carbocycles. The number of hydrogen-bond donors (Lipinski definition) is 1. The van der Waals surface area contributed by atoms with Crippen molar-refractivity contribution in [2.45, 2.75) is 33.3 Å². The van der Waals surface area contributed by atoms with Gasteiger partial charge in [0.25, 0.3) is 5.91 Å². The second-order valence-electron chi connectivity index (χ2n) is 7.61. The molecule has 150 valence electrons. The third-order valence-corrected chi connectivity index (χ3v) is 5.28. The van der Waals surface area contributed by atoms with Gasteiger partial charge < -0.3 is 19.9 Å². The van der Waals surface area contributed by atoms with Gasteiger partial charge in [0, 0.05) is 37.6 Å². The number of piperazine rings is 1. The molecule has 0 spiro atoms. The number of nitrogens with one attached hydrogen (secondary N) is 1. The van der Waals surface area contributed by atoms with Gasteiger partial charge in [-0.15, -0.1) is 0 Å². The number of nitrogens with zero attached hydrogens (tertiary/aromatic N) is 2. The summed E-state index contributed by atoms with van der Waals surface area (Å²) in [6.07, 6.45) is 0.0938. The highest BCUT2D eigenvalue weighted by atomic mass is 16.5. The van der Waals surface area contributed by atoms with Gasteiger partial charge in [0.05, 0.1) is 0 Å². The number of likely N-dealkylation sites (N-methyl/N-ethyl adjacent to an activating group) is 1. The fourth-order valence-corrected chi connectivity index (χ4v) is 3.35. The quantitative estimate of drug-likeness (QED) is 0.825. The molecule has 1 fully saturated rings. The average Bonchev–Trinajstić information content (AvgIpc) is 2.69. The Labute approximate surface area is 168 Å². The Bertz CT molecular complexity index is 796. The van der Waals surface area contributed by atoms with Gasteiger partial charge in [-0.3, -0.25) is 4.79 Å². The standard InChI is InChI=1S/C23H31N3O2/c1-5-21(28-22-16-17(2)6-7-18(22)3)23(27)24-19-8-10-20(11-9-19)26-14-12-25(4)13-15-26/h6-11,16,21H,5,12-15H2,1-4H3,(H,24,27)/t21-/m1/s1. The fraction of sp³-hybridized carbons (Fsp3) is 0.435. The summed E-state index contributed by atoms with van der Waals surface area (Å²) in [6, 6.07) is 14.1. The first-order chi connectivity index (χ1) is 13.5. The minimum absolute atomic E-state index is 0.115. The second-order valence-corrected chi connectivity index (χ2v) is 7.61. The Hall–Kier alpha value is -2.53. The summed E-state index contributed by atoms with van der Waals surface area (Å²) in [5, 5.41) is 2.99. The van der Waals surface area contributed by atoms with E-state index < -0.39 is 6.10 Å². The first-order valence-electron chi connectivity index (χ1n) is 10.0. The summed E-state index contributed by atoms with van der Waals surface area (Å²) in [4.78, 5) is 17.4. The van der Waals surface area contributed by atoms with E-state index in [1.807, 2.05) is 51.1 Å². The molecule has 0 saturated carbocycles. The van der Waals surface area contributed by atoms with E-state index in [9.17, 15) is 4.79 Å². The molecule has 5 nitrogen and oxygen atoms in total. The minimum Gasteiger partial charge on any atom is -0.480 e. The van der Waals surface area contributed by atoms with E-state index in [4.69, 9.17) is 4.74 Å². The Kier molecular flexibility index (Phi) is 6.57. The summed E-state index contributed by atoms with van der Waals surface area (Å²) in [5.41, 5.74) is 4.15. The SMILES string of the molecule is CC[C@@H](Oc1cc(C)ccc1C)C(=O)Nc1ccc(N2CCN(C)CC2)cc1. The molecule has 1 saturated heterocycles. The van der Waals surface area contributed by atoms with Crippen LogP contribution in [0.1, 0.15) is 24.5 Å². The summed E-state index contributed by atoms with van der Waals surface area (Å²) in [6.45, 7) is 10.2. The second kappa shape index (κ2) is 9.11. The molecule has 1 aliphatic heterocycles. The van der Waals surface area contributed by atoms with Crippen LogP contribution in [0.15, 0.2) is 42.5 Å². The molecule has 5 heteroatoms. The number of amides is 1. The molecule has 1 N–H and O–H groups in total. The molecule has 2 aromatic carbocycles. The number of rotatable bonds is 6. The van der Waals surface area contributed by atoms with Crippen molar-refractivity contribution in [3.8, 4) is 5.75 Å². The molecule has 1 heterocycles. The van der Waals surface area contributed by atoms with Gasteiger partial charge in [-0.2, -0.15) is 0 Å². The highest BCUT2D eigenvalue weighted by Gasteiger charge is 2.20. The summed E-state index contributed by atoms with van der Waals surface area (Å²) >= 11 is 0. The lowest BCUT2D eigenvalue weighted by Crippen LogP contribution is -2.44. The van der Waals surface area contributed by atoms with E-state index in [1.54, 1.807) is 0 Å². The van der Waals surface area contributed by atoms with Crippen molar-refractivity contribution in [2.24, 2.45) is 0 Å². The van der Waals surface area contributed by atoms with Crippen molar-refractivity contribution in [3.05, 3.63) is 53.6 Å². The maximum absolute atomic E-state index is 12.7. The van der Waals surface area contributed by atoms with Crippen LogP contribution in [0.3, 0.4) is 0 Å². The lowest BCUT2D eigenvalue weighted by atomic mass is 10.1. The van der Waals surface area contributed by atoms with Gasteiger partial charge in [0.15, 0.2) is 6.10 Å². The van der Waals surface area contributed by atoms with Crippen molar-refractivity contribution in [1.82, 2.24) is 4.90 Å². The molecule has 28 heavy (non-hydrogen) atoms. The first-order valence-corrected chi connectivity index (χ1v) is 10.0. The number of carbonyl (C=O) groups excluding carboxylic acids is 1. The van der Waals surface area contributed by atoms with Gasteiger partial charge in [0.2, 0.25) is 0 Å². The minimum atomic E-state index is -0.516. The van der Waals surface area contributed by atoms with E-state index in [-0.39, 0.29) is 5.91 Å². The van der Waals surface area contributed by atoms with E-state index in [1.165, 1.54) is 5.69 Å². The molecule has 0 unspecified atom stereocenters. The van der Waals surface area contributed by atoms with Crippen molar-refractivity contribution in [1.29, 1.82) is 0 Å². The summed E-state index contributed by atoms with van der Waals surface area (Å²) in [5.74, 6) is 0.656. The van der Waals surface area contributed by atoms with Crippen LogP contribution in [0.4, 0.5) is 11.4 Å². The Balaban J connectivity index is 1.61. The topological polar surface area (TPSA) is 44.8 Å². The Morgan fingerprint density at radius 3 is 2.39 bits per heavy atom. The molecule has 2 aromatic rings. The van der Waals surface area contributed by atoms with Crippen molar-refractivity contribution in [3.63, 3.8) is 0 Å². The number of carbonyl (C=O) groups is 1.